The van der Waals surface area contributed by atoms with Crippen molar-refractivity contribution < 1.29 is 19.4 Å². The number of para-hydroxylation sites is 1. The fourth-order valence-electron chi connectivity index (χ4n) is 5.24. The zero-order valence-electron chi connectivity index (χ0n) is 16.7. The molecule has 148 valence electrons. The van der Waals surface area contributed by atoms with Gasteiger partial charge in [0.2, 0.25) is 0 Å². The molecule has 2 bridgehead atoms. The number of carbonyl (C=O) groups excluding carboxylic acids is 1. The number of ether oxygens (including phenoxy) is 2. The summed E-state index contributed by atoms with van der Waals surface area (Å²) in [6, 6.07) is 14.9. The molecular weight excluding hydrogens is 364 g/mol. The van der Waals surface area contributed by atoms with Gasteiger partial charge in [-0.05, 0) is 60.8 Å². The van der Waals surface area contributed by atoms with Crippen LogP contribution in [0.1, 0.15) is 55.7 Å². The van der Waals surface area contributed by atoms with Gasteiger partial charge >= 0.3 is 6.16 Å². The molecule has 2 atom stereocenters. The Labute approximate surface area is 170 Å². The van der Waals surface area contributed by atoms with Crippen molar-refractivity contribution in [2.75, 3.05) is 0 Å². The SMILES string of the molecule is CCc1ccc2c(O)c3c(c(OC(=O)Oc4ccccc4)c2c1)C1CCC3(C)C1. The third kappa shape index (κ3) is 2.78. The lowest BCUT2D eigenvalue weighted by Gasteiger charge is -2.28. The van der Waals surface area contributed by atoms with Crippen LogP contribution in [0.2, 0.25) is 0 Å². The van der Waals surface area contributed by atoms with Crippen molar-refractivity contribution in [3.05, 3.63) is 65.2 Å². The molecule has 0 amide bonds. The highest BCUT2D eigenvalue weighted by Crippen LogP contribution is 2.63. The summed E-state index contributed by atoms with van der Waals surface area (Å²) in [5.74, 6) is 1.64. The van der Waals surface area contributed by atoms with E-state index in [1.54, 1.807) is 12.1 Å². The Morgan fingerprint density at radius 2 is 1.93 bits per heavy atom. The number of phenolic OH excluding ortho intramolecular Hbond substituents is 1. The first-order valence-electron chi connectivity index (χ1n) is 10.3. The Morgan fingerprint density at radius 3 is 2.69 bits per heavy atom. The van der Waals surface area contributed by atoms with Crippen molar-refractivity contribution in [2.24, 2.45) is 0 Å². The Hall–Kier alpha value is -3.01. The van der Waals surface area contributed by atoms with Gasteiger partial charge in [0.1, 0.15) is 17.2 Å². The highest BCUT2D eigenvalue weighted by molar-refractivity contribution is 5.98. The van der Waals surface area contributed by atoms with Crippen LogP contribution in [0.4, 0.5) is 4.79 Å². The Bertz CT molecular complexity index is 1120. The molecule has 1 N–H and O–H groups in total. The molecule has 4 heteroatoms. The molecule has 2 aliphatic rings. The molecular formula is C25H24O4. The van der Waals surface area contributed by atoms with Crippen LogP contribution in [-0.2, 0) is 11.8 Å². The standard InChI is InChI=1S/C25H24O4/c1-3-15-9-10-18-19(13-15)23(29-24(27)28-17-7-5-4-6-8-17)20-16-11-12-25(2,14-16)21(20)22(18)26/h4-10,13,16,26H,3,11-12,14H2,1-2H3. The van der Waals surface area contributed by atoms with Crippen LogP contribution in [0.25, 0.3) is 10.8 Å². The topological polar surface area (TPSA) is 55.8 Å². The number of hydrogen-bond donors (Lipinski definition) is 1. The summed E-state index contributed by atoms with van der Waals surface area (Å²) in [4.78, 5) is 12.6. The van der Waals surface area contributed by atoms with Crippen molar-refractivity contribution in [1.29, 1.82) is 0 Å². The first-order chi connectivity index (χ1) is 14.0. The average Bonchev–Trinajstić information content (AvgIpc) is 3.25. The molecule has 2 unspecified atom stereocenters. The van der Waals surface area contributed by atoms with E-state index in [1.165, 1.54) is 0 Å². The highest BCUT2D eigenvalue weighted by atomic mass is 16.7. The quantitative estimate of drug-likeness (QED) is 0.427. The monoisotopic (exact) mass is 388 g/mol. The van der Waals surface area contributed by atoms with Gasteiger partial charge in [0.05, 0.1) is 0 Å². The normalized spacial score (nSPS) is 21.9. The second kappa shape index (κ2) is 6.51. The van der Waals surface area contributed by atoms with Crippen molar-refractivity contribution in [3.8, 4) is 17.2 Å². The maximum absolute atomic E-state index is 12.6. The summed E-state index contributed by atoms with van der Waals surface area (Å²) in [5, 5.41) is 12.7. The number of benzene rings is 3. The molecule has 0 spiro atoms. The van der Waals surface area contributed by atoms with E-state index in [0.717, 1.165) is 53.1 Å². The molecule has 0 radical (unpaired) electrons. The van der Waals surface area contributed by atoms with Gasteiger partial charge in [0.15, 0.2) is 0 Å². The maximum atomic E-state index is 12.6. The van der Waals surface area contributed by atoms with Gasteiger partial charge < -0.3 is 14.6 Å². The fourth-order valence-corrected chi connectivity index (χ4v) is 5.24. The molecule has 3 aromatic rings. The molecule has 0 saturated heterocycles. The minimum atomic E-state index is -0.750. The largest absolute Gasteiger partial charge is 0.519 e. The van der Waals surface area contributed by atoms with Crippen LogP contribution < -0.4 is 9.47 Å². The van der Waals surface area contributed by atoms with Crippen LogP contribution in [0.15, 0.2) is 48.5 Å². The average molecular weight is 388 g/mol. The number of aromatic hydroxyl groups is 1. The lowest BCUT2D eigenvalue weighted by atomic mass is 9.78. The number of carbonyl (C=O) groups is 1. The van der Waals surface area contributed by atoms with Crippen LogP contribution >= 0.6 is 0 Å². The summed E-state index contributed by atoms with van der Waals surface area (Å²) in [7, 11) is 0. The summed E-state index contributed by atoms with van der Waals surface area (Å²) in [5.41, 5.74) is 3.01. The summed E-state index contributed by atoms with van der Waals surface area (Å²) < 4.78 is 11.2. The summed E-state index contributed by atoms with van der Waals surface area (Å²) in [6.07, 6.45) is 3.19. The van der Waals surface area contributed by atoms with Crippen molar-refractivity contribution in [3.63, 3.8) is 0 Å². The number of hydrogen-bond acceptors (Lipinski definition) is 4. The lowest BCUT2D eigenvalue weighted by Crippen LogP contribution is -2.19. The summed E-state index contributed by atoms with van der Waals surface area (Å²) in [6.45, 7) is 4.29. The maximum Gasteiger partial charge on any atom is 0.519 e. The molecule has 4 nitrogen and oxygen atoms in total. The van der Waals surface area contributed by atoms with E-state index in [0.29, 0.717) is 23.2 Å². The second-order valence-corrected chi connectivity index (χ2v) is 8.47. The van der Waals surface area contributed by atoms with Crippen molar-refractivity contribution >= 4 is 16.9 Å². The Balaban J connectivity index is 1.66. The first kappa shape index (κ1) is 18.0. The second-order valence-electron chi connectivity index (χ2n) is 8.47. The number of phenols is 1. The van der Waals surface area contributed by atoms with E-state index in [2.05, 4.69) is 13.8 Å². The number of fused-ring (bicyclic) bond motifs is 6. The van der Waals surface area contributed by atoms with Crippen LogP contribution in [0.5, 0.6) is 17.2 Å². The van der Waals surface area contributed by atoms with Gasteiger partial charge in [0.25, 0.3) is 0 Å². The van der Waals surface area contributed by atoms with Crippen LogP contribution in [-0.4, -0.2) is 11.3 Å². The minimum absolute atomic E-state index is 0.0663. The number of aryl methyl sites for hydroxylation is 1. The lowest BCUT2D eigenvalue weighted by molar-refractivity contribution is 0.152. The van der Waals surface area contributed by atoms with Gasteiger partial charge in [-0.1, -0.05) is 44.2 Å². The van der Waals surface area contributed by atoms with E-state index in [1.807, 2.05) is 36.4 Å². The molecule has 5 rings (SSSR count). The van der Waals surface area contributed by atoms with E-state index >= 15 is 0 Å². The zero-order chi connectivity index (χ0) is 20.2. The highest BCUT2D eigenvalue weighted by Gasteiger charge is 2.50. The van der Waals surface area contributed by atoms with Gasteiger partial charge in [-0.2, -0.15) is 0 Å². The smallest absolute Gasteiger partial charge is 0.507 e. The Morgan fingerprint density at radius 1 is 1.14 bits per heavy atom. The van der Waals surface area contributed by atoms with E-state index in [-0.39, 0.29) is 5.41 Å². The van der Waals surface area contributed by atoms with E-state index < -0.39 is 6.16 Å². The molecule has 0 heterocycles. The van der Waals surface area contributed by atoms with E-state index in [4.69, 9.17) is 9.47 Å². The van der Waals surface area contributed by atoms with Crippen molar-refractivity contribution in [2.45, 2.75) is 50.9 Å². The zero-order valence-corrected chi connectivity index (χ0v) is 16.7. The molecule has 29 heavy (non-hydrogen) atoms. The van der Waals surface area contributed by atoms with Crippen molar-refractivity contribution in [1.82, 2.24) is 0 Å². The van der Waals surface area contributed by atoms with Crippen LogP contribution in [0, 0.1) is 0 Å². The number of rotatable bonds is 3. The van der Waals surface area contributed by atoms with Crippen LogP contribution in [0.3, 0.4) is 0 Å². The Kier molecular flexibility index (Phi) is 4.05. The van der Waals surface area contributed by atoms with Gasteiger partial charge in [-0.3, -0.25) is 0 Å². The summed E-state index contributed by atoms with van der Waals surface area (Å²) >= 11 is 0. The fraction of sp³-hybridized carbons (Fsp3) is 0.320. The van der Waals surface area contributed by atoms with E-state index in [9.17, 15) is 9.90 Å². The minimum Gasteiger partial charge on any atom is -0.507 e. The molecule has 1 saturated carbocycles. The first-order valence-corrected chi connectivity index (χ1v) is 10.3. The van der Waals surface area contributed by atoms with Gasteiger partial charge in [0, 0.05) is 21.9 Å². The molecule has 0 aliphatic heterocycles. The molecule has 1 fully saturated rings. The predicted octanol–water partition coefficient (Wildman–Crippen LogP) is 6.22. The van der Waals surface area contributed by atoms with Gasteiger partial charge in [-0.25, -0.2) is 4.79 Å². The van der Waals surface area contributed by atoms with Gasteiger partial charge in [-0.15, -0.1) is 0 Å². The molecule has 0 aromatic heterocycles. The predicted molar refractivity (Wildman–Crippen MR) is 112 cm³/mol. The molecule has 2 aliphatic carbocycles. The molecule has 3 aromatic carbocycles. The third-order valence-electron chi connectivity index (χ3n) is 6.63. The third-order valence-corrected chi connectivity index (χ3v) is 6.63.